The van der Waals surface area contributed by atoms with E-state index >= 15 is 0 Å². The van der Waals surface area contributed by atoms with E-state index in [0.29, 0.717) is 12.2 Å². The number of likely N-dealkylation sites (tertiary alicyclic amines) is 1. The van der Waals surface area contributed by atoms with Gasteiger partial charge in [0.1, 0.15) is 5.69 Å². The van der Waals surface area contributed by atoms with E-state index in [1.54, 1.807) is 23.7 Å². The van der Waals surface area contributed by atoms with Crippen LogP contribution in [0.3, 0.4) is 0 Å². The summed E-state index contributed by atoms with van der Waals surface area (Å²) in [5.74, 6) is -0.0797. The second-order valence-electron chi connectivity index (χ2n) is 6.90. The normalized spacial score (nSPS) is 18.1. The molecular weight excluding hydrogens is 362 g/mol. The molecule has 1 N–H and O–H groups in total. The van der Waals surface area contributed by atoms with Gasteiger partial charge in [-0.15, -0.1) is 11.3 Å². The molecule has 4 rings (SSSR count). The molecule has 0 radical (unpaired) electrons. The van der Waals surface area contributed by atoms with E-state index in [1.807, 2.05) is 29.1 Å². The van der Waals surface area contributed by atoms with Crippen molar-refractivity contribution in [3.8, 4) is 0 Å². The van der Waals surface area contributed by atoms with Crippen molar-refractivity contribution in [2.75, 3.05) is 13.6 Å². The number of nitrogens with zero attached hydrogens (tertiary/aromatic N) is 4. The first-order valence-corrected chi connectivity index (χ1v) is 10.0. The summed E-state index contributed by atoms with van der Waals surface area (Å²) in [6, 6.07) is 5.76. The Labute approximate surface area is 161 Å². The highest BCUT2D eigenvalue weighted by Crippen LogP contribution is 2.32. The smallest absolute Gasteiger partial charge is 0.267 e. The van der Waals surface area contributed by atoms with Crippen LogP contribution in [0.2, 0.25) is 0 Å². The number of rotatable bonds is 4. The Morgan fingerprint density at radius 1 is 1.37 bits per heavy atom. The van der Waals surface area contributed by atoms with Crippen molar-refractivity contribution in [2.24, 2.45) is 7.05 Å². The van der Waals surface area contributed by atoms with E-state index in [1.165, 1.54) is 11.3 Å². The van der Waals surface area contributed by atoms with Gasteiger partial charge in [0.2, 0.25) is 0 Å². The van der Waals surface area contributed by atoms with Gasteiger partial charge in [-0.1, -0.05) is 6.42 Å². The van der Waals surface area contributed by atoms with Gasteiger partial charge in [-0.3, -0.25) is 18.9 Å². The Balaban J connectivity index is 1.63. The van der Waals surface area contributed by atoms with Crippen molar-refractivity contribution >= 4 is 22.2 Å². The molecule has 27 heavy (non-hydrogen) atoms. The van der Waals surface area contributed by atoms with Crippen LogP contribution >= 0.6 is 11.3 Å². The van der Waals surface area contributed by atoms with Crippen molar-refractivity contribution in [1.29, 1.82) is 0 Å². The van der Waals surface area contributed by atoms with Gasteiger partial charge in [-0.2, -0.15) is 0 Å². The summed E-state index contributed by atoms with van der Waals surface area (Å²) >= 11 is 1.47. The van der Waals surface area contributed by atoms with E-state index in [9.17, 15) is 9.59 Å². The zero-order valence-electron chi connectivity index (χ0n) is 15.5. The molecule has 1 atom stereocenters. The fourth-order valence-electron chi connectivity index (χ4n) is 3.91. The monoisotopic (exact) mass is 385 g/mol. The minimum Gasteiger partial charge on any atom is -0.354 e. The third kappa shape index (κ3) is 3.30. The number of piperidine rings is 1. The predicted octanol–water partition coefficient (Wildman–Crippen LogP) is 2.18. The molecule has 0 aliphatic carbocycles. The number of fused-ring (bicyclic) bond motifs is 1. The Hall–Kier alpha value is -2.45. The van der Waals surface area contributed by atoms with Crippen molar-refractivity contribution in [3.63, 3.8) is 0 Å². The lowest BCUT2D eigenvalue weighted by atomic mass is 9.99. The lowest BCUT2D eigenvalue weighted by Crippen LogP contribution is -2.35. The molecule has 1 fully saturated rings. The van der Waals surface area contributed by atoms with Crippen molar-refractivity contribution in [1.82, 2.24) is 24.2 Å². The summed E-state index contributed by atoms with van der Waals surface area (Å²) in [5.41, 5.74) is 2.55. The molecule has 0 aromatic carbocycles. The second-order valence-corrected chi connectivity index (χ2v) is 7.78. The second kappa shape index (κ2) is 7.28. The molecule has 1 amide bonds. The number of nitrogens with one attached hydrogen (secondary N) is 1. The highest BCUT2D eigenvalue weighted by Gasteiger charge is 2.27. The maximum Gasteiger partial charge on any atom is 0.267 e. The van der Waals surface area contributed by atoms with Gasteiger partial charge in [-0.05, 0) is 31.5 Å². The van der Waals surface area contributed by atoms with Crippen LogP contribution in [-0.4, -0.2) is 38.4 Å². The first-order chi connectivity index (χ1) is 13.1. The Bertz CT molecular complexity index is 1030. The molecule has 1 aliphatic heterocycles. The van der Waals surface area contributed by atoms with Crippen LogP contribution in [0, 0.1) is 0 Å². The summed E-state index contributed by atoms with van der Waals surface area (Å²) in [5, 5.41) is 4.57. The minimum absolute atomic E-state index is 0.0365. The molecule has 8 heteroatoms. The summed E-state index contributed by atoms with van der Waals surface area (Å²) in [6.45, 7) is 1.59. The molecule has 3 aromatic rings. The van der Waals surface area contributed by atoms with Gasteiger partial charge in [-0.25, -0.2) is 4.98 Å². The van der Waals surface area contributed by atoms with Crippen molar-refractivity contribution in [2.45, 2.75) is 31.8 Å². The average molecular weight is 385 g/mol. The predicted molar refractivity (Wildman–Crippen MR) is 105 cm³/mol. The fourth-order valence-corrected chi connectivity index (χ4v) is 4.65. The Morgan fingerprint density at radius 3 is 3.04 bits per heavy atom. The summed E-state index contributed by atoms with van der Waals surface area (Å²) in [4.78, 5) is 32.1. The molecule has 1 saturated heterocycles. The minimum atomic E-state index is -0.0797. The van der Waals surface area contributed by atoms with E-state index in [-0.39, 0.29) is 17.5 Å². The Kier molecular flexibility index (Phi) is 4.84. The lowest BCUT2D eigenvalue weighted by Gasteiger charge is -2.36. The average Bonchev–Trinajstić information content (AvgIpc) is 3.28. The fraction of sp³-hybridized carbons (Fsp3) is 0.421. The first-order valence-electron chi connectivity index (χ1n) is 9.16. The standard InChI is InChI=1S/C19H23N5O2S/c1-20-18(26)16-7-6-14(22(16)2)15-5-3-4-8-23(15)12-13-11-17(25)24-9-10-27-19(24)21-13/h6-7,9-11,15H,3-5,8,12H2,1-2H3,(H,20,26)/t15-/m1/s1. The van der Waals surface area contributed by atoms with Crippen LogP contribution in [-0.2, 0) is 13.6 Å². The molecule has 142 valence electrons. The quantitative estimate of drug-likeness (QED) is 0.747. The molecule has 4 heterocycles. The lowest BCUT2D eigenvalue weighted by molar-refractivity contribution is 0.0952. The van der Waals surface area contributed by atoms with Crippen LogP contribution in [0.5, 0.6) is 0 Å². The largest absolute Gasteiger partial charge is 0.354 e. The summed E-state index contributed by atoms with van der Waals surface area (Å²) < 4.78 is 3.56. The number of hydrogen-bond donors (Lipinski definition) is 1. The van der Waals surface area contributed by atoms with Gasteiger partial charge >= 0.3 is 0 Å². The number of carbonyl (C=O) groups excluding carboxylic acids is 1. The van der Waals surface area contributed by atoms with Gasteiger partial charge in [0.15, 0.2) is 4.96 Å². The highest BCUT2D eigenvalue weighted by atomic mass is 32.1. The van der Waals surface area contributed by atoms with Crippen LogP contribution < -0.4 is 10.9 Å². The van der Waals surface area contributed by atoms with E-state index in [4.69, 9.17) is 0 Å². The molecule has 0 spiro atoms. The third-order valence-corrected chi connectivity index (χ3v) is 6.05. The molecule has 7 nitrogen and oxygen atoms in total. The molecular formula is C19H23N5O2S. The van der Waals surface area contributed by atoms with Gasteiger partial charge < -0.3 is 9.88 Å². The number of amides is 1. The molecule has 0 bridgehead atoms. The van der Waals surface area contributed by atoms with E-state index < -0.39 is 0 Å². The molecule has 0 saturated carbocycles. The summed E-state index contributed by atoms with van der Waals surface area (Å²) in [6.07, 6.45) is 5.07. The Morgan fingerprint density at radius 2 is 2.22 bits per heavy atom. The molecule has 1 aliphatic rings. The van der Waals surface area contributed by atoms with Crippen LogP contribution in [0.1, 0.15) is 47.2 Å². The maximum atomic E-state index is 12.3. The van der Waals surface area contributed by atoms with Crippen molar-refractivity contribution in [3.05, 3.63) is 57.2 Å². The topological polar surface area (TPSA) is 71.6 Å². The summed E-state index contributed by atoms with van der Waals surface area (Å²) in [7, 11) is 3.59. The molecule has 3 aromatic heterocycles. The third-order valence-electron chi connectivity index (χ3n) is 5.30. The zero-order chi connectivity index (χ0) is 19.0. The highest BCUT2D eigenvalue weighted by molar-refractivity contribution is 7.15. The van der Waals surface area contributed by atoms with Crippen LogP contribution in [0.4, 0.5) is 0 Å². The van der Waals surface area contributed by atoms with Crippen LogP contribution in [0.15, 0.2) is 34.6 Å². The number of carbonyl (C=O) groups is 1. The number of aromatic nitrogens is 3. The zero-order valence-corrected chi connectivity index (χ0v) is 16.3. The van der Waals surface area contributed by atoms with E-state index in [0.717, 1.165) is 42.2 Å². The van der Waals surface area contributed by atoms with E-state index in [2.05, 4.69) is 15.2 Å². The molecule has 0 unspecified atom stereocenters. The number of thiazole rings is 1. The maximum absolute atomic E-state index is 12.3. The van der Waals surface area contributed by atoms with Gasteiger partial charge in [0.05, 0.1) is 11.7 Å². The number of hydrogen-bond acceptors (Lipinski definition) is 5. The van der Waals surface area contributed by atoms with Gasteiger partial charge in [0, 0.05) is 44.0 Å². The van der Waals surface area contributed by atoms with Crippen molar-refractivity contribution < 1.29 is 4.79 Å². The van der Waals surface area contributed by atoms with Crippen LogP contribution in [0.25, 0.3) is 4.96 Å². The first kappa shape index (κ1) is 17.9. The van der Waals surface area contributed by atoms with Gasteiger partial charge in [0.25, 0.3) is 11.5 Å². The SMILES string of the molecule is CNC(=O)c1ccc([C@H]2CCCCN2Cc2cc(=O)n3ccsc3n2)n1C.